The Morgan fingerprint density at radius 2 is 1.64 bits per heavy atom. The Bertz CT molecular complexity index is 926. The first-order valence-electron chi connectivity index (χ1n) is 9.70. The third-order valence-electron chi connectivity index (χ3n) is 5.19. The monoisotopic (exact) mass is 376 g/mol. The summed E-state index contributed by atoms with van der Waals surface area (Å²) in [4.78, 5) is 33.5. The highest BCUT2D eigenvalue weighted by Crippen LogP contribution is 2.12. The van der Waals surface area contributed by atoms with Crippen LogP contribution >= 0.6 is 0 Å². The second kappa shape index (κ2) is 8.35. The number of nitrogens with zero attached hydrogens (tertiary/aromatic N) is 4. The number of Topliss-reactive ketones (excluding diaryl/α,β-unsaturated/α-hetero) is 1. The molecule has 0 spiro atoms. The molecule has 144 valence electrons. The van der Waals surface area contributed by atoms with Gasteiger partial charge in [-0.2, -0.15) is 0 Å². The first kappa shape index (κ1) is 18.4. The lowest BCUT2D eigenvalue weighted by molar-refractivity contribution is -0.133. The minimum Gasteiger partial charge on any atom is -0.340 e. The van der Waals surface area contributed by atoms with Gasteiger partial charge < -0.3 is 9.30 Å². The number of hydrogen-bond acceptors (Lipinski definition) is 4. The molecule has 28 heavy (non-hydrogen) atoms. The third-order valence-corrected chi connectivity index (χ3v) is 5.19. The molecule has 1 saturated heterocycles. The molecule has 6 nitrogen and oxygen atoms in total. The van der Waals surface area contributed by atoms with Crippen molar-refractivity contribution in [3.63, 3.8) is 0 Å². The van der Waals surface area contributed by atoms with Crippen LogP contribution < -0.4 is 0 Å². The average molecular weight is 376 g/mol. The molecule has 1 aromatic carbocycles. The quantitative estimate of drug-likeness (QED) is 0.621. The van der Waals surface area contributed by atoms with Crippen LogP contribution in [0.5, 0.6) is 0 Å². The Morgan fingerprint density at radius 3 is 2.39 bits per heavy atom. The van der Waals surface area contributed by atoms with Gasteiger partial charge in [-0.25, -0.2) is 4.98 Å². The molecule has 6 heteroatoms. The second-order valence-corrected chi connectivity index (χ2v) is 7.14. The standard InChI is InChI=1S/C22H24N4O2/c27-20(18-6-2-1-3-7-18)9-10-22(28)25-14-12-24(13-15-25)16-19-17-26-11-5-4-8-21(26)23-19/h1-8,11,17H,9-10,12-16H2. The fraction of sp³-hybridized carbons (Fsp3) is 0.318. The molecule has 0 aliphatic carbocycles. The topological polar surface area (TPSA) is 57.9 Å². The minimum atomic E-state index is 0.0273. The second-order valence-electron chi connectivity index (χ2n) is 7.14. The minimum absolute atomic E-state index is 0.0273. The van der Waals surface area contributed by atoms with E-state index < -0.39 is 0 Å². The predicted molar refractivity (Wildman–Crippen MR) is 107 cm³/mol. The van der Waals surface area contributed by atoms with E-state index >= 15 is 0 Å². The number of aromatic nitrogens is 2. The van der Waals surface area contributed by atoms with E-state index in [9.17, 15) is 9.59 Å². The average Bonchev–Trinajstić information content (AvgIpc) is 3.15. The fourth-order valence-electron chi connectivity index (χ4n) is 3.59. The van der Waals surface area contributed by atoms with Gasteiger partial charge in [0.15, 0.2) is 5.78 Å². The molecule has 4 rings (SSSR count). The van der Waals surface area contributed by atoms with Crippen LogP contribution in [0.15, 0.2) is 60.9 Å². The van der Waals surface area contributed by atoms with Crippen molar-refractivity contribution in [1.29, 1.82) is 0 Å². The Labute approximate surface area is 164 Å². The summed E-state index contributed by atoms with van der Waals surface area (Å²) < 4.78 is 2.03. The van der Waals surface area contributed by atoms with E-state index in [0.29, 0.717) is 18.7 Å². The van der Waals surface area contributed by atoms with Gasteiger partial charge in [0, 0.05) is 63.5 Å². The van der Waals surface area contributed by atoms with Crippen LogP contribution in [0.3, 0.4) is 0 Å². The molecular formula is C22H24N4O2. The largest absolute Gasteiger partial charge is 0.340 e. The molecule has 3 aromatic rings. The van der Waals surface area contributed by atoms with E-state index in [0.717, 1.165) is 31.0 Å². The number of carbonyl (C=O) groups excluding carboxylic acids is 2. The van der Waals surface area contributed by atoms with E-state index in [2.05, 4.69) is 16.1 Å². The number of carbonyl (C=O) groups is 2. The Hall–Kier alpha value is -2.99. The Morgan fingerprint density at radius 1 is 0.893 bits per heavy atom. The number of amides is 1. The van der Waals surface area contributed by atoms with Crippen LogP contribution in [-0.2, 0) is 11.3 Å². The van der Waals surface area contributed by atoms with Gasteiger partial charge in [0.05, 0.1) is 5.69 Å². The van der Waals surface area contributed by atoms with Crippen molar-refractivity contribution in [3.8, 4) is 0 Å². The lowest BCUT2D eigenvalue weighted by Crippen LogP contribution is -2.48. The molecule has 0 N–H and O–H groups in total. The van der Waals surface area contributed by atoms with Crippen molar-refractivity contribution in [2.75, 3.05) is 26.2 Å². The van der Waals surface area contributed by atoms with Crippen molar-refractivity contribution < 1.29 is 9.59 Å². The summed E-state index contributed by atoms with van der Waals surface area (Å²) in [6.07, 6.45) is 4.60. The molecule has 0 unspecified atom stereocenters. The summed E-state index contributed by atoms with van der Waals surface area (Å²) in [5.41, 5.74) is 2.67. The van der Waals surface area contributed by atoms with Crippen LogP contribution in [-0.4, -0.2) is 57.1 Å². The van der Waals surface area contributed by atoms with Crippen molar-refractivity contribution in [1.82, 2.24) is 19.2 Å². The number of piperazine rings is 1. The van der Waals surface area contributed by atoms with E-state index in [-0.39, 0.29) is 24.5 Å². The highest BCUT2D eigenvalue weighted by atomic mass is 16.2. The van der Waals surface area contributed by atoms with E-state index in [1.165, 1.54) is 0 Å². The van der Waals surface area contributed by atoms with E-state index in [1.54, 1.807) is 12.1 Å². The number of pyridine rings is 1. The van der Waals surface area contributed by atoms with E-state index in [4.69, 9.17) is 0 Å². The molecule has 1 amide bonds. The number of rotatable bonds is 6. The number of benzene rings is 1. The Balaban J connectivity index is 1.24. The molecule has 3 heterocycles. The number of hydrogen-bond donors (Lipinski definition) is 0. The van der Waals surface area contributed by atoms with Crippen LogP contribution in [0.25, 0.3) is 5.65 Å². The maximum atomic E-state index is 12.5. The zero-order valence-electron chi connectivity index (χ0n) is 15.8. The molecule has 0 atom stereocenters. The first-order valence-corrected chi connectivity index (χ1v) is 9.70. The molecular weight excluding hydrogens is 352 g/mol. The van der Waals surface area contributed by atoms with E-state index in [1.807, 2.05) is 51.9 Å². The molecule has 1 fully saturated rings. The van der Waals surface area contributed by atoms with Gasteiger partial charge in [0.25, 0.3) is 0 Å². The molecule has 0 radical (unpaired) electrons. The van der Waals surface area contributed by atoms with Crippen molar-refractivity contribution in [2.24, 2.45) is 0 Å². The molecule has 2 aromatic heterocycles. The summed E-state index contributed by atoms with van der Waals surface area (Å²) >= 11 is 0. The zero-order valence-corrected chi connectivity index (χ0v) is 15.8. The van der Waals surface area contributed by atoms with Crippen molar-refractivity contribution >= 4 is 17.3 Å². The predicted octanol–water partition coefficient (Wildman–Crippen LogP) is 2.64. The van der Waals surface area contributed by atoms with Gasteiger partial charge in [-0.1, -0.05) is 36.4 Å². The summed E-state index contributed by atoms with van der Waals surface area (Å²) in [6, 6.07) is 15.1. The van der Waals surface area contributed by atoms with Crippen LogP contribution in [0.4, 0.5) is 0 Å². The first-order chi connectivity index (χ1) is 13.7. The van der Waals surface area contributed by atoms with Gasteiger partial charge in [0.1, 0.15) is 5.65 Å². The van der Waals surface area contributed by atoms with Crippen molar-refractivity contribution in [3.05, 3.63) is 72.2 Å². The molecule has 1 aliphatic rings. The summed E-state index contributed by atoms with van der Waals surface area (Å²) in [7, 11) is 0. The molecule has 0 saturated carbocycles. The molecule has 0 bridgehead atoms. The van der Waals surface area contributed by atoms with Gasteiger partial charge in [-0.05, 0) is 12.1 Å². The van der Waals surface area contributed by atoms with Gasteiger partial charge in [-0.3, -0.25) is 14.5 Å². The normalized spacial score (nSPS) is 15.1. The Kier molecular flexibility index (Phi) is 5.48. The lowest BCUT2D eigenvalue weighted by atomic mass is 10.1. The fourth-order valence-corrected chi connectivity index (χ4v) is 3.59. The third kappa shape index (κ3) is 4.28. The smallest absolute Gasteiger partial charge is 0.223 e. The van der Waals surface area contributed by atoms with Crippen LogP contribution in [0, 0.1) is 0 Å². The maximum Gasteiger partial charge on any atom is 0.223 e. The lowest BCUT2D eigenvalue weighted by Gasteiger charge is -2.34. The number of fused-ring (bicyclic) bond motifs is 1. The summed E-state index contributed by atoms with van der Waals surface area (Å²) in [5, 5.41) is 0. The van der Waals surface area contributed by atoms with Gasteiger partial charge >= 0.3 is 0 Å². The van der Waals surface area contributed by atoms with Gasteiger partial charge in [0.2, 0.25) is 5.91 Å². The summed E-state index contributed by atoms with van der Waals surface area (Å²) in [6.45, 7) is 3.84. The number of imidazole rings is 1. The highest BCUT2D eigenvalue weighted by Gasteiger charge is 2.22. The summed E-state index contributed by atoms with van der Waals surface area (Å²) in [5.74, 6) is 0.0936. The highest BCUT2D eigenvalue weighted by molar-refractivity contribution is 5.97. The zero-order chi connectivity index (χ0) is 19.3. The number of ketones is 1. The van der Waals surface area contributed by atoms with Gasteiger partial charge in [-0.15, -0.1) is 0 Å². The maximum absolute atomic E-state index is 12.5. The van der Waals surface area contributed by atoms with Crippen LogP contribution in [0.1, 0.15) is 28.9 Å². The SMILES string of the molecule is O=C(CCC(=O)N1CCN(Cc2cn3ccccc3n2)CC1)c1ccccc1. The molecule has 1 aliphatic heterocycles. The van der Waals surface area contributed by atoms with Crippen LogP contribution in [0.2, 0.25) is 0 Å². The van der Waals surface area contributed by atoms with Crippen molar-refractivity contribution in [2.45, 2.75) is 19.4 Å².